The molecule has 4 nitrogen and oxygen atoms in total. The third-order valence-corrected chi connectivity index (χ3v) is 4.13. The molecule has 1 aromatic rings. The summed E-state index contributed by atoms with van der Waals surface area (Å²) in [6.07, 6.45) is 3.35. The number of anilines is 1. The lowest BCUT2D eigenvalue weighted by Crippen LogP contribution is -2.47. The Bertz CT molecular complexity index is 488. The zero-order valence-electron chi connectivity index (χ0n) is 12.9. The van der Waals surface area contributed by atoms with Crippen molar-refractivity contribution < 1.29 is 4.79 Å². The number of rotatable bonds is 2. The molecule has 1 fully saturated rings. The second kappa shape index (κ2) is 5.81. The van der Waals surface area contributed by atoms with Gasteiger partial charge in [-0.25, -0.2) is 4.98 Å². The quantitative estimate of drug-likeness (QED) is 0.901. The molecule has 2 heterocycles. The van der Waals surface area contributed by atoms with Gasteiger partial charge < -0.3 is 10.6 Å². The maximum atomic E-state index is 12.8. The smallest absolute Gasteiger partial charge is 0.254 e. The van der Waals surface area contributed by atoms with Crippen LogP contribution in [0, 0.1) is 0 Å². The van der Waals surface area contributed by atoms with Gasteiger partial charge in [0.05, 0.1) is 0 Å². The lowest BCUT2D eigenvalue weighted by Gasteiger charge is -2.39. The van der Waals surface area contributed by atoms with Crippen LogP contribution in [0.15, 0.2) is 12.1 Å². The van der Waals surface area contributed by atoms with Crippen LogP contribution in [-0.4, -0.2) is 27.9 Å². The average Bonchev–Trinajstić information content (AvgIpc) is 2.37. The lowest BCUT2D eigenvalue weighted by molar-refractivity contribution is 0.0510. The number of nitrogens with zero attached hydrogens (tertiary/aromatic N) is 2. The summed E-state index contributed by atoms with van der Waals surface area (Å²) in [4.78, 5) is 19.1. The van der Waals surface area contributed by atoms with E-state index in [2.05, 4.69) is 32.7 Å². The fourth-order valence-electron chi connectivity index (χ4n) is 2.96. The molecule has 0 saturated carbocycles. The van der Waals surface area contributed by atoms with Crippen LogP contribution in [0.2, 0.25) is 0 Å². The van der Waals surface area contributed by atoms with Crippen molar-refractivity contribution in [3.05, 3.63) is 23.4 Å². The minimum absolute atomic E-state index is 0.0840. The normalized spacial score (nSPS) is 23.1. The molecule has 1 amide bonds. The Hall–Kier alpha value is -1.58. The van der Waals surface area contributed by atoms with Crippen molar-refractivity contribution >= 4 is 11.7 Å². The molecule has 2 atom stereocenters. The first-order chi connectivity index (χ1) is 9.40. The fourth-order valence-corrected chi connectivity index (χ4v) is 2.96. The van der Waals surface area contributed by atoms with E-state index < -0.39 is 0 Å². The Morgan fingerprint density at radius 3 is 2.45 bits per heavy atom. The van der Waals surface area contributed by atoms with Gasteiger partial charge in [-0.3, -0.25) is 4.79 Å². The Balaban J connectivity index is 2.32. The van der Waals surface area contributed by atoms with Crippen molar-refractivity contribution in [3.63, 3.8) is 0 Å². The lowest BCUT2D eigenvalue weighted by atomic mass is 9.96. The molecular formula is C16H25N3O. The molecule has 0 aromatic carbocycles. The van der Waals surface area contributed by atoms with E-state index in [-0.39, 0.29) is 11.8 Å². The topological polar surface area (TPSA) is 59.2 Å². The van der Waals surface area contributed by atoms with Gasteiger partial charge in [0.1, 0.15) is 5.82 Å². The van der Waals surface area contributed by atoms with E-state index in [4.69, 9.17) is 5.73 Å². The van der Waals surface area contributed by atoms with Gasteiger partial charge in [0.15, 0.2) is 0 Å². The maximum absolute atomic E-state index is 12.8. The molecule has 1 aliphatic rings. The molecule has 2 rings (SSSR count). The van der Waals surface area contributed by atoms with E-state index in [1.165, 1.54) is 6.42 Å². The second-order valence-electron chi connectivity index (χ2n) is 6.20. The molecule has 0 bridgehead atoms. The summed E-state index contributed by atoms with van der Waals surface area (Å²) in [6.45, 7) is 8.37. The SMILES string of the molecule is CC(C)c1cc(C(=O)N2C(C)CCCC2C)cc(N)n1. The van der Waals surface area contributed by atoms with Crippen molar-refractivity contribution in [1.82, 2.24) is 9.88 Å². The molecule has 110 valence electrons. The largest absolute Gasteiger partial charge is 0.384 e. The van der Waals surface area contributed by atoms with Crippen LogP contribution in [-0.2, 0) is 0 Å². The first-order valence-electron chi connectivity index (χ1n) is 7.50. The number of nitrogens with two attached hydrogens (primary N) is 1. The average molecular weight is 275 g/mol. The van der Waals surface area contributed by atoms with E-state index in [1.54, 1.807) is 6.07 Å². The van der Waals surface area contributed by atoms with Crippen molar-refractivity contribution in [3.8, 4) is 0 Å². The highest BCUT2D eigenvalue weighted by atomic mass is 16.2. The minimum Gasteiger partial charge on any atom is -0.384 e. The number of hydrogen-bond acceptors (Lipinski definition) is 3. The standard InChI is InChI=1S/C16H25N3O/c1-10(2)14-8-13(9-15(17)18-14)16(20)19-11(3)6-5-7-12(19)4/h8-12H,5-7H2,1-4H3,(H2,17,18). The van der Waals surface area contributed by atoms with E-state index in [9.17, 15) is 4.79 Å². The van der Waals surface area contributed by atoms with Gasteiger partial charge in [-0.1, -0.05) is 13.8 Å². The first-order valence-corrected chi connectivity index (χ1v) is 7.50. The summed E-state index contributed by atoms with van der Waals surface area (Å²) in [7, 11) is 0. The summed E-state index contributed by atoms with van der Waals surface area (Å²) in [5, 5.41) is 0. The first kappa shape index (κ1) is 14.8. The van der Waals surface area contributed by atoms with Crippen LogP contribution < -0.4 is 5.73 Å². The van der Waals surface area contributed by atoms with E-state index in [0.29, 0.717) is 23.5 Å². The third kappa shape index (κ3) is 2.94. The third-order valence-electron chi connectivity index (χ3n) is 4.13. The van der Waals surface area contributed by atoms with E-state index in [0.717, 1.165) is 18.5 Å². The summed E-state index contributed by atoms with van der Waals surface area (Å²) in [5.41, 5.74) is 7.40. The number of piperidine rings is 1. The summed E-state index contributed by atoms with van der Waals surface area (Å²) < 4.78 is 0. The fraction of sp³-hybridized carbons (Fsp3) is 0.625. The predicted octanol–water partition coefficient (Wildman–Crippen LogP) is 3.19. The number of carbonyl (C=O) groups excluding carboxylic acids is 1. The number of carbonyl (C=O) groups is 1. The second-order valence-corrected chi connectivity index (χ2v) is 6.20. The van der Waals surface area contributed by atoms with E-state index >= 15 is 0 Å². The Kier molecular flexibility index (Phi) is 4.31. The number of likely N-dealkylation sites (tertiary alicyclic amines) is 1. The molecule has 4 heteroatoms. The van der Waals surface area contributed by atoms with Gasteiger partial charge in [-0.2, -0.15) is 0 Å². The Morgan fingerprint density at radius 1 is 1.30 bits per heavy atom. The zero-order chi connectivity index (χ0) is 14.9. The van der Waals surface area contributed by atoms with Crippen molar-refractivity contribution in [2.75, 3.05) is 5.73 Å². The number of pyridine rings is 1. The van der Waals surface area contributed by atoms with Gasteiger partial charge in [0.2, 0.25) is 0 Å². The van der Waals surface area contributed by atoms with Gasteiger partial charge >= 0.3 is 0 Å². The summed E-state index contributed by atoms with van der Waals surface area (Å²) >= 11 is 0. The Labute approximate surface area is 121 Å². The van der Waals surface area contributed by atoms with Gasteiger partial charge in [-0.05, 0) is 51.2 Å². The minimum atomic E-state index is 0.0840. The predicted molar refractivity (Wildman–Crippen MR) is 81.7 cm³/mol. The monoisotopic (exact) mass is 275 g/mol. The molecule has 1 aliphatic heterocycles. The molecule has 0 spiro atoms. The van der Waals surface area contributed by atoms with E-state index in [1.807, 2.05) is 11.0 Å². The molecule has 2 unspecified atom stereocenters. The van der Waals surface area contributed by atoms with Crippen molar-refractivity contribution in [1.29, 1.82) is 0 Å². The van der Waals surface area contributed by atoms with Crippen LogP contribution in [0.3, 0.4) is 0 Å². The molecule has 1 saturated heterocycles. The molecule has 1 aromatic heterocycles. The van der Waals surface area contributed by atoms with Gasteiger partial charge in [-0.15, -0.1) is 0 Å². The van der Waals surface area contributed by atoms with Crippen LogP contribution in [0.5, 0.6) is 0 Å². The zero-order valence-corrected chi connectivity index (χ0v) is 12.9. The Morgan fingerprint density at radius 2 is 1.90 bits per heavy atom. The van der Waals surface area contributed by atoms with Crippen molar-refractivity contribution in [2.24, 2.45) is 0 Å². The van der Waals surface area contributed by atoms with Crippen LogP contribution in [0.25, 0.3) is 0 Å². The highest BCUT2D eigenvalue weighted by Gasteiger charge is 2.30. The molecule has 20 heavy (non-hydrogen) atoms. The van der Waals surface area contributed by atoms with Crippen molar-refractivity contribution in [2.45, 2.75) is 65.0 Å². The maximum Gasteiger partial charge on any atom is 0.254 e. The van der Waals surface area contributed by atoms with Gasteiger partial charge in [0, 0.05) is 23.3 Å². The summed E-state index contributed by atoms with van der Waals surface area (Å²) in [5.74, 6) is 0.777. The highest BCUT2D eigenvalue weighted by molar-refractivity contribution is 5.95. The van der Waals surface area contributed by atoms with Crippen LogP contribution in [0.4, 0.5) is 5.82 Å². The summed E-state index contributed by atoms with van der Waals surface area (Å²) in [6, 6.07) is 4.17. The number of amides is 1. The van der Waals surface area contributed by atoms with Crippen LogP contribution >= 0.6 is 0 Å². The van der Waals surface area contributed by atoms with Crippen LogP contribution in [0.1, 0.15) is 68.9 Å². The van der Waals surface area contributed by atoms with Gasteiger partial charge in [0.25, 0.3) is 5.91 Å². The highest BCUT2D eigenvalue weighted by Crippen LogP contribution is 2.26. The molecular weight excluding hydrogens is 250 g/mol. The number of hydrogen-bond donors (Lipinski definition) is 1. The molecule has 0 aliphatic carbocycles. The number of nitrogen functional groups attached to an aromatic ring is 1. The number of aromatic nitrogens is 1. The molecule has 0 radical (unpaired) electrons. The molecule has 2 N–H and O–H groups in total.